The Labute approximate surface area is 155 Å². The monoisotopic (exact) mass is 371 g/mol. The highest BCUT2D eigenvalue weighted by molar-refractivity contribution is 5.79. The van der Waals surface area contributed by atoms with E-state index < -0.39 is 17.7 Å². The van der Waals surface area contributed by atoms with Crippen molar-refractivity contribution in [1.29, 1.82) is 0 Å². The van der Waals surface area contributed by atoms with Gasteiger partial charge in [0.2, 0.25) is 0 Å². The number of nitrogens with zero attached hydrogens (tertiary/aromatic N) is 3. The summed E-state index contributed by atoms with van der Waals surface area (Å²) in [6.45, 7) is 2.34. The number of hydrogen-bond acceptors (Lipinski definition) is 3. The number of amides is 2. The fourth-order valence-electron chi connectivity index (χ4n) is 3.41. The molecule has 1 saturated heterocycles. The van der Waals surface area contributed by atoms with Gasteiger partial charge in [0.05, 0.1) is 18.6 Å². The van der Waals surface area contributed by atoms with Gasteiger partial charge in [-0.2, -0.15) is 5.10 Å². The van der Waals surface area contributed by atoms with E-state index in [4.69, 9.17) is 4.74 Å². The zero-order chi connectivity index (χ0) is 19.0. The zero-order valence-corrected chi connectivity index (χ0v) is 14.8. The second-order valence-corrected chi connectivity index (χ2v) is 6.74. The number of hydrogen-bond donors (Lipinski definition) is 0. The van der Waals surface area contributed by atoms with E-state index in [2.05, 4.69) is 5.10 Å². The Morgan fingerprint density at radius 1 is 1.15 bits per heavy atom. The molecule has 1 fully saturated rings. The Bertz CT molecular complexity index is 855. The molecule has 2 aliphatic heterocycles. The Morgan fingerprint density at radius 3 is 2.52 bits per heavy atom. The first-order valence-corrected chi connectivity index (χ1v) is 8.83. The Kier molecular flexibility index (Phi) is 4.51. The van der Waals surface area contributed by atoms with E-state index in [0.29, 0.717) is 18.5 Å². The first-order valence-electron chi connectivity index (χ1n) is 8.83. The molecule has 5 nitrogen and oxygen atoms in total. The molecule has 0 radical (unpaired) electrons. The lowest BCUT2D eigenvalue weighted by molar-refractivity contribution is -0.0197. The number of ether oxygens (including phenoxy) is 1. The molecule has 0 aromatic heterocycles. The normalized spacial score (nSPS) is 24.0. The number of benzene rings is 2. The van der Waals surface area contributed by atoms with Gasteiger partial charge in [-0.15, -0.1) is 0 Å². The standard InChI is InChI=1S/C20H19F2N3O2/c1-13-19(27-17-5-3-2-4-6-17)12-24(13)20(26)25-18(7-8-23-25)14-9-15(21)11-16(22)10-14/h2-6,8-11,13,18-19H,7,12H2,1H3/t13-,18-,19+/m0/s1. The Balaban J connectivity index is 1.44. The maximum atomic E-state index is 13.6. The van der Waals surface area contributed by atoms with Crippen LogP contribution in [0.25, 0.3) is 0 Å². The average molecular weight is 371 g/mol. The van der Waals surface area contributed by atoms with Crippen LogP contribution in [0.15, 0.2) is 53.6 Å². The summed E-state index contributed by atoms with van der Waals surface area (Å²) < 4.78 is 33.0. The fourth-order valence-corrected chi connectivity index (χ4v) is 3.41. The molecule has 140 valence electrons. The van der Waals surface area contributed by atoms with Gasteiger partial charge in [0, 0.05) is 18.7 Å². The van der Waals surface area contributed by atoms with Crippen molar-refractivity contribution < 1.29 is 18.3 Å². The van der Waals surface area contributed by atoms with E-state index >= 15 is 0 Å². The van der Waals surface area contributed by atoms with Crippen molar-refractivity contribution in [2.24, 2.45) is 5.10 Å². The molecule has 3 atom stereocenters. The summed E-state index contributed by atoms with van der Waals surface area (Å²) in [5.74, 6) is -0.579. The molecule has 2 aromatic rings. The van der Waals surface area contributed by atoms with E-state index in [-0.39, 0.29) is 18.2 Å². The van der Waals surface area contributed by atoms with Crippen molar-refractivity contribution >= 4 is 12.2 Å². The van der Waals surface area contributed by atoms with Crippen LogP contribution in [0, 0.1) is 11.6 Å². The lowest BCUT2D eigenvalue weighted by Crippen LogP contribution is -2.64. The number of halogens is 2. The van der Waals surface area contributed by atoms with Gasteiger partial charge in [0.25, 0.3) is 0 Å². The van der Waals surface area contributed by atoms with Crippen LogP contribution in [-0.4, -0.2) is 40.8 Å². The van der Waals surface area contributed by atoms with Gasteiger partial charge in [-0.3, -0.25) is 0 Å². The van der Waals surface area contributed by atoms with Crippen LogP contribution >= 0.6 is 0 Å². The smallest absolute Gasteiger partial charge is 0.341 e. The molecule has 2 aromatic carbocycles. The molecular formula is C20H19F2N3O2. The summed E-state index contributed by atoms with van der Waals surface area (Å²) >= 11 is 0. The lowest BCUT2D eigenvalue weighted by Gasteiger charge is -2.46. The highest BCUT2D eigenvalue weighted by Crippen LogP contribution is 2.33. The molecular weight excluding hydrogens is 352 g/mol. The molecule has 0 spiro atoms. The molecule has 0 N–H and O–H groups in total. The van der Waals surface area contributed by atoms with Crippen LogP contribution in [0.5, 0.6) is 5.75 Å². The summed E-state index contributed by atoms with van der Waals surface area (Å²) in [4.78, 5) is 14.5. The third kappa shape index (κ3) is 3.37. The van der Waals surface area contributed by atoms with Crippen LogP contribution < -0.4 is 4.74 Å². The van der Waals surface area contributed by atoms with E-state index in [1.165, 1.54) is 17.1 Å². The summed E-state index contributed by atoms with van der Waals surface area (Å²) in [5.41, 5.74) is 0.392. The summed E-state index contributed by atoms with van der Waals surface area (Å²) in [5, 5.41) is 5.43. The molecule has 0 saturated carbocycles. The third-order valence-electron chi connectivity index (χ3n) is 4.98. The minimum Gasteiger partial charge on any atom is -0.486 e. The van der Waals surface area contributed by atoms with Crippen LogP contribution in [-0.2, 0) is 0 Å². The second-order valence-electron chi connectivity index (χ2n) is 6.74. The van der Waals surface area contributed by atoms with Crippen LogP contribution in [0.4, 0.5) is 13.6 Å². The van der Waals surface area contributed by atoms with Gasteiger partial charge >= 0.3 is 6.03 Å². The molecule has 27 heavy (non-hydrogen) atoms. The van der Waals surface area contributed by atoms with Gasteiger partial charge in [0.15, 0.2) is 0 Å². The Morgan fingerprint density at radius 2 is 1.85 bits per heavy atom. The molecule has 4 rings (SSSR count). The number of hydrazone groups is 1. The van der Waals surface area contributed by atoms with Crippen molar-refractivity contribution in [1.82, 2.24) is 9.91 Å². The molecule has 7 heteroatoms. The lowest BCUT2D eigenvalue weighted by atomic mass is 10.0. The first-order chi connectivity index (χ1) is 13.0. The highest BCUT2D eigenvalue weighted by Gasteiger charge is 2.44. The van der Waals surface area contributed by atoms with Gasteiger partial charge in [-0.25, -0.2) is 18.6 Å². The van der Waals surface area contributed by atoms with Crippen LogP contribution in [0.1, 0.15) is 24.9 Å². The van der Waals surface area contributed by atoms with Crippen molar-refractivity contribution in [2.75, 3.05) is 6.54 Å². The quantitative estimate of drug-likeness (QED) is 0.820. The molecule has 2 amide bonds. The maximum absolute atomic E-state index is 13.6. The molecule has 0 bridgehead atoms. The maximum Gasteiger partial charge on any atom is 0.341 e. The van der Waals surface area contributed by atoms with Crippen molar-refractivity contribution in [2.45, 2.75) is 31.5 Å². The molecule has 0 aliphatic carbocycles. The number of rotatable bonds is 3. The Hall–Kier alpha value is -2.96. The predicted octanol–water partition coefficient (Wildman–Crippen LogP) is 3.97. The fraction of sp³-hybridized carbons (Fsp3) is 0.300. The summed E-state index contributed by atoms with van der Waals surface area (Å²) in [7, 11) is 0. The van der Waals surface area contributed by atoms with E-state index in [0.717, 1.165) is 11.8 Å². The predicted molar refractivity (Wildman–Crippen MR) is 96.5 cm³/mol. The minimum absolute atomic E-state index is 0.104. The van der Waals surface area contributed by atoms with E-state index in [1.54, 1.807) is 11.1 Å². The van der Waals surface area contributed by atoms with E-state index in [9.17, 15) is 13.6 Å². The summed E-state index contributed by atoms with van der Waals surface area (Å²) in [6, 6.07) is 11.8. The topological polar surface area (TPSA) is 45.1 Å². The van der Waals surface area contributed by atoms with Gasteiger partial charge in [-0.05, 0) is 36.8 Å². The third-order valence-corrected chi connectivity index (χ3v) is 4.98. The second kappa shape index (κ2) is 6.98. The SMILES string of the molecule is C[C@H]1[C@H](Oc2ccccc2)CN1C(=O)N1N=CC[C@H]1c1cc(F)cc(F)c1. The number of carbonyl (C=O) groups excluding carboxylic acids is 1. The molecule has 0 unspecified atom stereocenters. The largest absolute Gasteiger partial charge is 0.486 e. The zero-order valence-electron chi connectivity index (χ0n) is 14.8. The van der Waals surface area contributed by atoms with Crippen LogP contribution in [0.3, 0.4) is 0 Å². The molecule has 2 aliphatic rings. The highest BCUT2D eigenvalue weighted by atomic mass is 19.1. The van der Waals surface area contributed by atoms with Crippen molar-refractivity contribution in [3.8, 4) is 5.75 Å². The van der Waals surface area contributed by atoms with Crippen molar-refractivity contribution in [3.63, 3.8) is 0 Å². The number of para-hydroxylation sites is 1. The number of urea groups is 1. The number of carbonyl (C=O) groups is 1. The van der Waals surface area contributed by atoms with Gasteiger partial charge in [-0.1, -0.05) is 18.2 Å². The van der Waals surface area contributed by atoms with Gasteiger partial charge in [0.1, 0.15) is 23.5 Å². The van der Waals surface area contributed by atoms with E-state index in [1.807, 2.05) is 37.3 Å². The first kappa shape index (κ1) is 17.5. The minimum atomic E-state index is -0.669. The van der Waals surface area contributed by atoms with Crippen LogP contribution in [0.2, 0.25) is 0 Å². The average Bonchev–Trinajstić information content (AvgIpc) is 3.14. The molecule has 2 heterocycles. The number of likely N-dealkylation sites (tertiary alicyclic amines) is 1. The van der Waals surface area contributed by atoms with Crippen molar-refractivity contribution in [3.05, 3.63) is 65.7 Å². The van der Waals surface area contributed by atoms with Gasteiger partial charge < -0.3 is 9.64 Å². The summed E-state index contributed by atoms with van der Waals surface area (Å²) in [6.07, 6.45) is 1.90.